The van der Waals surface area contributed by atoms with Gasteiger partial charge in [0.25, 0.3) is 0 Å². The highest BCUT2D eigenvalue weighted by Crippen LogP contribution is 2.17. The predicted molar refractivity (Wildman–Crippen MR) is 84.3 cm³/mol. The van der Waals surface area contributed by atoms with Crippen LogP contribution in [0.3, 0.4) is 0 Å². The molecule has 0 unspecified atom stereocenters. The second-order valence-electron chi connectivity index (χ2n) is 5.69. The minimum atomic E-state index is 0.264. The van der Waals surface area contributed by atoms with Crippen LogP contribution in [0.4, 0.5) is 0 Å². The van der Waals surface area contributed by atoms with Crippen LogP contribution in [-0.4, -0.2) is 12.5 Å². The topological polar surface area (TPSA) is 29.1 Å². The first-order chi connectivity index (χ1) is 9.26. The van der Waals surface area contributed by atoms with Gasteiger partial charge in [0, 0.05) is 12.5 Å². The summed E-state index contributed by atoms with van der Waals surface area (Å²) < 4.78 is 0. The molecule has 0 saturated heterocycles. The molecule has 0 radical (unpaired) electrons. The van der Waals surface area contributed by atoms with Crippen LogP contribution in [0.5, 0.6) is 0 Å². The van der Waals surface area contributed by atoms with E-state index in [9.17, 15) is 4.79 Å². The van der Waals surface area contributed by atoms with E-state index in [0.29, 0.717) is 5.91 Å². The highest BCUT2D eigenvalue weighted by Gasteiger charge is 2.16. The summed E-state index contributed by atoms with van der Waals surface area (Å²) in [5.41, 5.74) is 0. The van der Waals surface area contributed by atoms with E-state index in [0.717, 1.165) is 25.8 Å². The van der Waals surface area contributed by atoms with Crippen molar-refractivity contribution in [1.82, 2.24) is 5.32 Å². The fraction of sp³-hybridized carbons (Fsp3) is 0.941. The first-order valence-corrected chi connectivity index (χ1v) is 8.53. The van der Waals surface area contributed by atoms with Gasteiger partial charge >= 0.3 is 0 Å². The Kier molecular flexibility index (Phi) is 13.5. The molecule has 0 saturated carbocycles. The van der Waals surface area contributed by atoms with Crippen molar-refractivity contribution in [3.05, 3.63) is 0 Å². The number of hydrogen-bond donors (Lipinski definition) is 1. The summed E-state index contributed by atoms with van der Waals surface area (Å²) in [6, 6.07) is 0. The standard InChI is InChI=1S/C17H35NO/c1-4-7-10-13-16(14-11-8-5-2)17(19)18-15-12-9-6-3/h16H,4-15H2,1-3H3,(H,18,19). The van der Waals surface area contributed by atoms with E-state index in [1.54, 1.807) is 0 Å². The lowest BCUT2D eigenvalue weighted by molar-refractivity contribution is -0.125. The van der Waals surface area contributed by atoms with Gasteiger partial charge < -0.3 is 5.32 Å². The van der Waals surface area contributed by atoms with Crippen LogP contribution in [0.25, 0.3) is 0 Å². The molecule has 0 aromatic carbocycles. The molecule has 0 bridgehead atoms. The molecule has 0 aromatic heterocycles. The molecule has 0 aliphatic heterocycles. The fourth-order valence-corrected chi connectivity index (χ4v) is 2.42. The van der Waals surface area contributed by atoms with Crippen LogP contribution in [0.15, 0.2) is 0 Å². The molecule has 0 aliphatic carbocycles. The van der Waals surface area contributed by atoms with Crippen molar-refractivity contribution in [3.63, 3.8) is 0 Å². The van der Waals surface area contributed by atoms with Gasteiger partial charge in [-0.3, -0.25) is 4.79 Å². The van der Waals surface area contributed by atoms with Crippen molar-refractivity contribution in [3.8, 4) is 0 Å². The van der Waals surface area contributed by atoms with Gasteiger partial charge in [0.1, 0.15) is 0 Å². The van der Waals surface area contributed by atoms with Crippen molar-refractivity contribution in [2.75, 3.05) is 6.54 Å². The van der Waals surface area contributed by atoms with Crippen molar-refractivity contribution >= 4 is 5.91 Å². The first kappa shape index (κ1) is 18.5. The molecule has 2 heteroatoms. The summed E-state index contributed by atoms with van der Waals surface area (Å²) in [6.45, 7) is 7.50. The Morgan fingerprint density at radius 3 is 1.74 bits per heavy atom. The normalized spacial score (nSPS) is 10.9. The van der Waals surface area contributed by atoms with Gasteiger partial charge in [-0.1, -0.05) is 72.1 Å². The van der Waals surface area contributed by atoms with E-state index < -0.39 is 0 Å². The van der Waals surface area contributed by atoms with Gasteiger partial charge in [-0.05, 0) is 19.3 Å². The Morgan fingerprint density at radius 2 is 1.26 bits per heavy atom. The summed E-state index contributed by atoms with van der Waals surface area (Å²) in [4.78, 5) is 12.2. The third-order valence-electron chi connectivity index (χ3n) is 3.76. The summed E-state index contributed by atoms with van der Waals surface area (Å²) in [7, 11) is 0. The lowest BCUT2D eigenvalue weighted by Gasteiger charge is -2.16. The number of nitrogens with one attached hydrogen (secondary N) is 1. The second-order valence-corrected chi connectivity index (χ2v) is 5.69. The van der Waals surface area contributed by atoms with Crippen molar-refractivity contribution in [2.45, 2.75) is 91.4 Å². The maximum absolute atomic E-state index is 12.2. The van der Waals surface area contributed by atoms with Crippen molar-refractivity contribution in [1.29, 1.82) is 0 Å². The predicted octanol–water partition coefficient (Wildman–Crippen LogP) is 5.07. The Morgan fingerprint density at radius 1 is 0.789 bits per heavy atom. The SMILES string of the molecule is CCCCCNC(=O)C(CCCCC)CCCCC. The van der Waals surface area contributed by atoms with Crippen LogP contribution >= 0.6 is 0 Å². The highest BCUT2D eigenvalue weighted by atomic mass is 16.1. The van der Waals surface area contributed by atoms with Crippen LogP contribution < -0.4 is 5.32 Å². The quantitative estimate of drug-likeness (QED) is 0.465. The summed E-state index contributed by atoms with van der Waals surface area (Å²) in [6.07, 6.45) is 13.1. The smallest absolute Gasteiger partial charge is 0.223 e. The van der Waals surface area contributed by atoms with Crippen LogP contribution in [-0.2, 0) is 4.79 Å². The molecule has 0 aromatic rings. The molecule has 19 heavy (non-hydrogen) atoms. The zero-order valence-electron chi connectivity index (χ0n) is 13.5. The van der Waals surface area contributed by atoms with E-state index in [1.165, 1.54) is 51.4 Å². The van der Waals surface area contributed by atoms with Gasteiger partial charge in [-0.25, -0.2) is 0 Å². The van der Waals surface area contributed by atoms with Crippen molar-refractivity contribution in [2.24, 2.45) is 5.92 Å². The number of rotatable bonds is 13. The van der Waals surface area contributed by atoms with Crippen LogP contribution in [0, 0.1) is 5.92 Å². The number of unbranched alkanes of at least 4 members (excludes halogenated alkanes) is 6. The lowest BCUT2D eigenvalue weighted by Crippen LogP contribution is -2.31. The third kappa shape index (κ3) is 11.0. The Bertz CT molecular complexity index is 193. The minimum absolute atomic E-state index is 0.264. The zero-order valence-corrected chi connectivity index (χ0v) is 13.5. The molecular formula is C17H35NO. The molecule has 0 heterocycles. The number of hydrogen-bond acceptors (Lipinski definition) is 1. The van der Waals surface area contributed by atoms with Gasteiger partial charge in [0.2, 0.25) is 5.91 Å². The van der Waals surface area contributed by atoms with Gasteiger partial charge in [0.15, 0.2) is 0 Å². The average molecular weight is 269 g/mol. The van der Waals surface area contributed by atoms with E-state index in [-0.39, 0.29) is 5.92 Å². The van der Waals surface area contributed by atoms with E-state index in [2.05, 4.69) is 26.1 Å². The molecule has 2 nitrogen and oxygen atoms in total. The largest absolute Gasteiger partial charge is 0.356 e. The molecule has 1 amide bonds. The number of carbonyl (C=O) groups is 1. The Hall–Kier alpha value is -0.530. The van der Waals surface area contributed by atoms with Crippen LogP contribution in [0.2, 0.25) is 0 Å². The molecule has 0 rings (SSSR count). The van der Waals surface area contributed by atoms with E-state index >= 15 is 0 Å². The van der Waals surface area contributed by atoms with E-state index in [1.807, 2.05) is 0 Å². The maximum atomic E-state index is 12.2. The molecule has 0 spiro atoms. The van der Waals surface area contributed by atoms with Gasteiger partial charge in [-0.2, -0.15) is 0 Å². The first-order valence-electron chi connectivity index (χ1n) is 8.53. The lowest BCUT2D eigenvalue weighted by atomic mass is 9.94. The summed E-state index contributed by atoms with van der Waals surface area (Å²) in [5, 5.41) is 3.13. The molecular weight excluding hydrogens is 234 g/mol. The Balaban J connectivity index is 3.94. The van der Waals surface area contributed by atoms with E-state index in [4.69, 9.17) is 0 Å². The molecule has 114 valence electrons. The minimum Gasteiger partial charge on any atom is -0.356 e. The fourth-order valence-electron chi connectivity index (χ4n) is 2.42. The number of carbonyl (C=O) groups excluding carboxylic acids is 1. The summed E-state index contributed by atoms with van der Waals surface area (Å²) >= 11 is 0. The number of amides is 1. The van der Waals surface area contributed by atoms with Crippen LogP contribution in [0.1, 0.15) is 91.4 Å². The zero-order chi connectivity index (χ0) is 14.3. The monoisotopic (exact) mass is 269 g/mol. The second kappa shape index (κ2) is 13.9. The molecule has 0 aliphatic rings. The maximum Gasteiger partial charge on any atom is 0.223 e. The van der Waals surface area contributed by atoms with Gasteiger partial charge in [-0.15, -0.1) is 0 Å². The van der Waals surface area contributed by atoms with Gasteiger partial charge in [0.05, 0.1) is 0 Å². The molecule has 0 fully saturated rings. The third-order valence-corrected chi connectivity index (χ3v) is 3.76. The average Bonchev–Trinajstić information content (AvgIpc) is 2.42. The molecule has 1 N–H and O–H groups in total. The van der Waals surface area contributed by atoms with Crippen molar-refractivity contribution < 1.29 is 4.79 Å². The Labute approximate surface area is 120 Å². The highest BCUT2D eigenvalue weighted by molar-refractivity contribution is 5.78. The molecule has 0 atom stereocenters. The summed E-state index contributed by atoms with van der Waals surface area (Å²) in [5.74, 6) is 0.572.